The minimum Gasteiger partial charge on any atom is -0.490 e. The van der Waals surface area contributed by atoms with Gasteiger partial charge in [0.25, 0.3) is 0 Å². The third kappa shape index (κ3) is 1.91. The SMILES string of the molecule is CC1Cc2cc(-c3cc(CCl)no3)ccc2O1. The van der Waals surface area contributed by atoms with E-state index in [1.54, 1.807) is 0 Å². The fourth-order valence-corrected chi connectivity index (χ4v) is 2.21. The first kappa shape index (κ1) is 10.7. The van der Waals surface area contributed by atoms with Crippen molar-refractivity contribution < 1.29 is 9.26 Å². The molecule has 2 aromatic rings. The van der Waals surface area contributed by atoms with Crippen LogP contribution in [-0.4, -0.2) is 11.3 Å². The third-order valence-corrected chi connectivity index (χ3v) is 3.15. The Kier molecular flexibility index (Phi) is 2.56. The van der Waals surface area contributed by atoms with Crippen molar-refractivity contribution in [3.63, 3.8) is 0 Å². The summed E-state index contributed by atoms with van der Waals surface area (Å²) in [7, 11) is 0. The lowest BCUT2D eigenvalue weighted by Crippen LogP contribution is -2.05. The van der Waals surface area contributed by atoms with Crippen molar-refractivity contribution in [1.82, 2.24) is 5.16 Å². The minimum absolute atomic E-state index is 0.258. The van der Waals surface area contributed by atoms with Gasteiger partial charge in [0.2, 0.25) is 0 Å². The summed E-state index contributed by atoms with van der Waals surface area (Å²) < 4.78 is 10.9. The van der Waals surface area contributed by atoms with Crippen LogP contribution in [-0.2, 0) is 12.3 Å². The van der Waals surface area contributed by atoms with Gasteiger partial charge in [-0.1, -0.05) is 5.16 Å². The Morgan fingerprint density at radius 2 is 2.29 bits per heavy atom. The zero-order valence-corrected chi connectivity index (χ0v) is 10.2. The molecule has 4 heteroatoms. The number of nitrogens with zero attached hydrogens (tertiary/aromatic N) is 1. The molecule has 1 aliphatic rings. The molecule has 0 radical (unpaired) electrons. The minimum atomic E-state index is 0.258. The van der Waals surface area contributed by atoms with Gasteiger partial charge in [-0.05, 0) is 30.7 Å². The Bertz CT molecular complexity index is 550. The van der Waals surface area contributed by atoms with E-state index in [9.17, 15) is 0 Å². The summed E-state index contributed by atoms with van der Waals surface area (Å²) in [6.45, 7) is 2.07. The third-order valence-electron chi connectivity index (χ3n) is 2.88. The van der Waals surface area contributed by atoms with E-state index < -0.39 is 0 Å². The molecule has 2 heterocycles. The van der Waals surface area contributed by atoms with Gasteiger partial charge >= 0.3 is 0 Å². The standard InChI is InChI=1S/C13H12ClNO2/c1-8-4-10-5-9(2-3-12(10)16-8)13-6-11(7-14)15-17-13/h2-3,5-6,8H,4,7H2,1H3. The number of fused-ring (bicyclic) bond motifs is 1. The Labute approximate surface area is 104 Å². The topological polar surface area (TPSA) is 35.3 Å². The van der Waals surface area contributed by atoms with E-state index in [1.165, 1.54) is 5.56 Å². The number of halogens is 1. The Balaban J connectivity index is 1.97. The molecule has 3 rings (SSSR count). The van der Waals surface area contributed by atoms with E-state index in [4.69, 9.17) is 20.9 Å². The van der Waals surface area contributed by atoms with Crippen molar-refractivity contribution >= 4 is 11.6 Å². The second kappa shape index (κ2) is 4.08. The van der Waals surface area contributed by atoms with Crippen LogP contribution >= 0.6 is 11.6 Å². The summed E-state index contributed by atoms with van der Waals surface area (Å²) >= 11 is 5.70. The maximum absolute atomic E-state index is 5.70. The zero-order chi connectivity index (χ0) is 11.8. The quantitative estimate of drug-likeness (QED) is 0.765. The second-order valence-corrected chi connectivity index (χ2v) is 4.54. The van der Waals surface area contributed by atoms with E-state index in [-0.39, 0.29) is 6.10 Å². The first-order valence-electron chi connectivity index (χ1n) is 5.58. The first-order valence-corrected chi connectivity index (χ1v) is 6.11. The molecular formula is C13H12ClNO2. The van der Waals surface area contributed by atoms with Crippen LogP contribution in [0.25, 0.3) is 11.3 Å². The molecule has 1 unspecified atom stereocenters. The van der Waals surface area contributed by atoms with Crippen LogP contribution in [0.4, 0.5) is 0 Å². The van der Waals surface area contributed by atoms with Gasteiger partial charge in [0.1, 0.15) is 11.9 Å². The maximum atomic E-state index is 5.70. The molecule has 1 aromatic carbocycles. The van der Waals surface area contributed by atoms with E-state index in [1.807, 2.05) is 18.2 Å². The predicted molar refractivity (Wildman–Crippen MR) is 65.3 cm³/mol. The molecule has 1 aromatic heterocycles. The average Bonchev–Trinajstić information content (AvgIpc) is 2.92. The molecule has 0 fully saturated rings. The van der Waals surface area contributed by atoms with E-state index in [2.05, 4.69) is 18.1 Å². The van der Waals surface area contributed by atoms with Crippen LogP contribution in [0, 0.1) is 0 Å². The molecule has 1 aliphatic heterocycles. The molecule has 0 saturated heterocycles. The van der Waals surface area contributed by atoms with Crippen molar-refractivity contribution in [3.05, 3.63) is 35.5 Å². The summed E-state index contributed by atoms with van der Waals surface area (Å²) in [5.74, 6) is 2.09. The van der Waals surface area contributed by atoms with Crippen molar-refractivity contribution in [1.29, 1.82) is 0 Å². The molecule has 0 saturated carbocycles. The van der Waals surface area contributed by atoms with Gasteiger partial charge in [-0.3, -0.25) is 0 Å². The fraction of sp³-hybridized carbons (Fsp3) is 0.308. The van der Waals surface area contributed by atoms with Crippen LogP contribution in [0.15, 0.2) is 28.8 Å². The maximum Gasteiger partial charge on any atom is 0.167 e. The molecule has 3 nitrogen and oxygen atoms in total. The van der Waals surface area contributed by atoms with Crippen molar-refractivity contribution in [2.45, 2.75) is 25.3 Å². The molecule has 0 bridgehead atoms. The van der Waals surface area contributed by atoms with Crippen LogP contribution in [0.3, 0.4) is 0 Å². The van der Waals surface area contributed by atoms with Gasteiger partial charge in [0.15, 0.2) is 5.76 Å². The number of aromatic nitrogens is 1. The summed E-state index contributed by atoms with van der Waals surface area (Å²) in [5.41, 5.74) is 3.00. The monoisotopic (exact) mass is 249 g/mol. The van der Waals surface area contributed by atoms with Crippen LogP contribution in [0.2, 0.25) is 0 Å². The Morgan fingerprint density at radius 1 is 1.41 bits per heavy atom. The van der Waals surface area contributed by atoms with Gasteiger partial charge in [0.05, 0.1) is 11.6 Å². The van der Waals surface area contributed by atoms with Gasteiger partial charge < -0.3 is 9.26 Å². The molecule has 0 amide bonds. The summed E-state index contributed by atoms with van der Waals surface area (Å²) in [6.07, 6.45) is 1.20. The molecular weight excluding hydrogens is 238 g/mol. The highest BCUT2D eigenvalue weighted by Crippen LogP contribution is 2.33. The van der Waals surface area contributed by atoms with E-state index >= 15 is 0 Å². The van der Waals surface area contributed by atoms with Crippen LogP contribution in [0.5, 0.6) is 5.75 Å². The van der Waals surface area contributed by atoms with Gasteiger partial charge in [-0.2, -0.15) is 0 Å². The van der Waals surface area contributed by atoms with Gasteiger partial charge in [-0.15, -0.1) is 11.6 Å². The number of alkyl halides is 1. The van der Waals surface area contributed by atoms with E-state index in [0.717, 1.165) is 29.2 Å². The van der Waals surface area contributed by atoms with Gasteiger partial charge in [-0.25, -0.2) is 0 Å². The lowest BCUT2D eigenvalue weighted by Gasteiger charge is -2.02. The number of benzene rings is 1. The molecule has 0 N–H and O–H groups in total. The lowest BCUT2D eigenvalue weighted by atomic mass is 10.1. The average molecular weight is 250 g/mol. The smallest absolute Gasteiger partial charge is 0.167 e. The molecule has 0 spiro atoms. The number of hydrogen-bond acceptors (Lipinski definition) is 3. The summed E-state index contributed by atoms with van der Waals surface area (Å²) in [5, 5.41) is 3.88. The lowest BCUT2D eigenvalue weighted by molar-refractivity contribution is 0.254. The summed E-state index contributed by atoms with van der Waals surface area (Å²) in [6, 6.07) is 7.93. The molecule has 17 heavy (non-hydrogen) atoms. The zero-order valence-electron chi connectivity index (χ0n) is 9.44. The number of rotatable bonds is 2. The Hall–Kier alpha value is -1.48. The predicted octanol–water partition coefficient (Wildman–Crippen LogP) is 3.40. The van der Waals surface area contributed by atoms with Crippen molar-refractivity contribution in [3.8, 4) is 17.1 Å². The normalized spacial score (nSPS) is 17.9. The fourth-order valence-electron chi connectivity index (χ4n) is 2.09. The highest BCUT2D eigenvalue weighted by atomic mass is 35.5. The number of ether oxygens (including phenoxy) is 1. The molecule has 1 atom stereocenters. The highest BCUT2D eigenvalue weighted by Gasteiger charge is 2.19. The second-order valence-electron chi connectivity index (χ2n) is 4.27. The van der Waals surface area contributed by atoms with Crippen LogP contribution in [0.1, 0.15) is 18.2 Å². The number of hydrogen-bond donors (Lipinski definition) is 0. The molecule has 88 valence electrons. The van der Waals surface area contributed by atoms with Crippen LogP contribution < -0.4 is 4.74 Å². The molecule has 0 aliphatic carbocycles. The summed E-state index contributed by atoms with van der Waals surface area (Å²) in [4.78, 5) is 0. The first-order chi connectivity index (χ1) is 8.26. The van der Waals surface area contributed by atoms with Gasteiger partial charge in [0, 0.05) is 18.1 Å². The van der Waals surface area contributed by atoms with Crippen molar-refractivity contribution in [2.75, 3.05) is 0 Å². The largest absolute Gasteiger partial charge is 0.490 e. The Morgan fingerprint density at radius 3 is 3.06 bits per heavy atom. The van der Waals surface area contributed by atoms with Crippen molar-refractivity contribution in [2.24, 2.45) is 0 Å². The highest BCUT2D eigenvalue weighted by molar-refractivity contribution is 6.16. The van der Waals surface area contributed by atoms with E-state index in [0.29, 0.717) is 5.88 Å².